The average Bonchev–Trinajstić information content (AvgIpc) is 2.77. The van der Waals surface area contributed by atoms with E-state index in [-0.39, 0.29) is 0 Å². The molecule has 0 radical (unpaired) electrons. The zero-order chi connectivity index (χ0) is 28.1. The molecule has 3 amide bonds. The predicted octanol–water partition coefficient (Wildman–Crippen LogP) is 4.80. The average molecular weight is 512 g/mol. The maximum absolute atomic E-state index is 14.0. The van der Waals surface area contributed by atoms with Gasteiger partial charge >= 0.3 is 6.09 Å². The molecule has 2 atom stereocenters. The smallest absolute Gasteiger partial charge is 0.408 e. The highest BCUT2D eigenvalue weighted by Crippen LogP contribution is 2.33. The molecule has 2 aromatic carbocycles. The van der Waals surface area contributed by atoms with Crippen molar-refractivity contribution < 1.29 is 24.2 Å². The third-order valence-corrected chi connectivity index (χ3v) is 5.98. The number of rotatable bonds is 7. The van der Waals surface area contributed by atoms with Crippen LogP contribution in [0.25, 0.3) is 0 Å². The van der Waals surface area contributed by atoms with Crippen molar-refractivity contribution in [3.8, 4) is 0 Å². The van der Waals surface area contributed by atoms with Crippen molar-refractivity contribution in [2.45, 2.75) is 85.5 Å². The number of benzene rings is 2. The standard InChI is InChI=1S/C29H41N3O5/c1-18-14-12-15-21(20(18)3)24(25(34)30-22-16-11-10-13-19(22)2)32(28(4,5)6)26(35)23(17-33)31-27(36)37-29(7,8)9/h10-16,23-24,33H,17H2,1-9H3,(H,30,34)(H,31,36). The van der Waals surface area contributed by atoms with Crippen LogP contribution in [0.5, 0.6) is 0 Å². The SMILES string of the molecule is Cc1ccccc1NC(=O)C(c1cccc(C)c1C)N(C(=O)C(CO)NC(=O)OC(C)(C)C)C(C)(C)C. The van der Waals surface area contributed by atoms with Gasteiger partial charge in [-0.3, -0.25) is 9.59 Å². The van der Waals surface area contributed by atoms with Crippen LogP contribution in [0.15, 0.2) is 42.5 Å². The number of carbonyl (C=O) groups is 3. The number of aliphatic hydroxyl groups excluding tert-OH is 1. The fourth-order valence-electron chi connectivity index (χ4n) is 4.03. The fraction of sp³-hybridized carbons (Fsp3) is 0.483. The van der Waals surface area contributed by atoms with Gasteiger partial charge in [0.2, 0.25) is 5.91 Å². The van der Waals surface area contributed by atoms with E-state index in [2.05, 4.69) is 10.6 Å². The lowest BCUT2D eigenvalue weighted by Gasteiger charge is -2.43. The molecule has 2 aromatic rings. The van der Waals surface area contributed by atoms with Crippen molar-refractivity contribution in [3.63, 3.8) is 0 Å². The fourth-order valence-corrected chi connectivity index (χ4v) is 4.03. The molecule has 0 spiro atoms. The first-order valence-electron chi connectivity index (χ1n) is 12.4. The number of hydrogen-bond acceptors (Lipinski definition) is 5. The molecule has 0 aliphatic rings. The van der Waals surface area contributed by atoms with Crippen molar-refractivity contribution in [2.24, 2.45) is 0 Å². The van der Waals surface area contributed by atoms with E-state index in [1.165, 1.54) is 4.90 Å². The molecule has 0 bridgehead atoms. The van der Waals surface area contributed by atoms with Crippen LogP contribution in [0.3, 0.4) is 0 Å². The second-order valence-electron chi connectivity index (χ2n) is 11.3. The quantitative estimate of drug-likeness (QED) is 0.495. The van der Waals surface area contributed by atoms with E-state index in [9.17, 15) is 19.5 Å². The number of amides is 3. The summed E-state index contributed by atoms with van der Waals surface area (Å²) in [4.78, 5) is 41.8. The number of aryl methyl sites for hydroxylation is 2. The Morgan fingerprint density at radius 1 is 0.919 bits per heavy atom. The minimum Gasteiger partial charge on any atom is -0.444 e. The van der Waals surface area contributed by atoms with E-state index in [1.807, 2.05) is 77.9 Å². The van der Waals surface area contributed by atoms with Crippen LogP contribution in [0.2, 0.25) is 0 Å². The van der Waals surface area contributed by atoms with E-state index in [4.69, 9.17) is 4.74 Å². The van der Waals surface area contributed by atoms with Gasteiger partial charge in [0, 0.05) is 11.2 Å². The summed E-state index contributed by atoms with van der Waals surface area (Å²) in [7, 11) is 0. The summed E-state index contributed by atoms with van der Waals surface area (Å²) in [6.45, 7) is 15.6. The predicted molar refractivity (Wildman–Crippen MR) is 145 cm³/mol. The number of para-hydroxylation sites is 1. The molecular formula is C29H41N3O5. The highest BCUT2D eigenvalue weighted by atomic mass is 16.6. The van der Waals surface area contributed by atoms with Crippen molar-refractivity contribution in [3.05, 3.63) is 64.7 Å². The van der Waals surface area contributed by atoms with Crippen molar-refractivity contribution >= 4 is 23.6 Å². The summed E-state index contributed by atoms with van der Waals surface area (Å²) in [5.41, 5.74) is 2.37. The summed E-state index contributed by atoms with van der Waals surface area (Å²) >= 11 is 0. The highest BCUT2D eigenvalue weighted by molar-refractivity contribution is 6.00. The Balaban J connectivity index is 2.60. The summed E-state index contributed by atoms with van der Waals surface area (Å²) < 4.78 is 5.29. The van der Waals surface area contributed by atoms with Crippen LogP contribution in [0.4, 0.5) is 10.5 Å². The van der Waals surface area contributed by atoms with Gasteiger partial charge in [0.05, 0.1) is 6.61 Å². The van der Waals surface area contributed by atoms with Gasteiger partial charge in [-0.1, -0.05) is 36.4 Å². The van der Waals surface area contributed by atoms with Gasteiger partial charge in [-0.25, -0.2) is 4.79 Å². The lowest BCUT2D eigenvalue weighted by Crippen LogP contribution is -2.59. The van der Waals surface area contributed by atoms with Crippen LogP contribution in [-0.2, 0) is 14.3 Å². The number of nitrogens with zero attached hydrogens (tertiary/aromatic N) is 1. The molecule has 0 aromatic heterocycles. The zero-order valence-electron chi connectivity index (χ0n) is 23.4. The lowest BCUT2D eigenvalue weighted by atomic mass is 9.91. The maximum atomic E-state index is 14.0. The lowest BCUT2D eigenvalue weighted by molar-refractivity contribution is -0.147. The molecule has 0 saturated carbocycles. The number of alkyl carbamates (subject to hydrolysis) is 1. The molecule has 0 saturated heterocycles. The molecule has 3 N–H and O–H groups in total. The number of nitrogens with one attached hydrogen (secondary N) is 2. The zero-order valence-corrected chi connectivity index (χ0v) is 23.4. The Morgan fingerprint density at radius 3 is 2.05 bits per heavy atom. The molecule has 2 unspecified atom stereocenters. The number of anilines is 1. The Kier molecular flexibility index (Phi) is 9.49. The first-order chi connectivity index (χ1) is 17.1. The largest absolute Gasteiger partial charge is 0.444 e. The summed E-state index contributed by atoms with van der Waals surface area (Å²) in [5, 5.41) is 15.6. The summed E-state index contributed by atoms with van der Waals surface area (Å²) in [6, 6.07) is 10.7. The second-order valence-corrected chi connectivity index (χ2v) is 11.3. The minimum atomic E-state index is -1.31. The second kappa shape index (κ2) is 11.8. The maximum Gasteiger partial charge on any atom is 0.408 e. The van der Waals surface area contributed by atoms with Crippen molar-refractivity contribution in [1.29, 1.82) is 0 Å². The molecule has 0 fully saturated rings. The van der Waals surface area contributed by atoms with Crippen LogP contribution >= 0.6 is 0 Å². The van der Waals surface area contributed by atoms with Gasteiger partial charge in [0.15, 0.2) is 0 Å². The van der Waals surface area contributed by atoms with Gasteiger partial charge < -0.3 is 25.4 Å². The van der Waals surface area contributed by atoms with Gasteiger partial charge in [0.1, 0.15) is 17.7 Å². The van der Waals surface area contributed by atoms with Crippen LogP contribution in [0, 0.1) is 20.8 Å². The van der Waals surface area contributed by atoms with Gasteiger partial charge in [-0.2, -0.15) is 0 Å². The molecule has 37 heavy (non-hydrogen) atoms. The number of hydrogen-bond donors (Lipinski definition) is 3. The Bertz CT molecular complexity index is 1130. The van der Waals surface area contributed by atoms with E-state index < -0.39 is 47.7 Å². The minimum absolute atomic E-state index is 0.403. The molecule has 8 heteroatoms. The number of aliphatic hydroxyl groups is 1. The molecule has 8 nitrogen and oxygen atoms in total. The molecule has 0 heterocycles. The van der Waals surface area contributed by atoms with E-state index in [0.29, 0.717) is 11.3 Å². The summed E-state index contributed by atoms with van der Waals surface area (Å²) in [5.74, 6) is -1.01. The van der Waals surface area contributed by atoms with E-state index in [1.54, 1.807) is 26.8 Å². The molecule has 0 aliphatic carbocycles. The number of ether oxygens (including phenoxy) is 1. The van der Waals surface area contributed by atoms with Gasteiger partial charge in [-0.15, -0.1) is 0 Å². The molecule has 2 rings (SSSR count). The highest BCUT2D eigenvalue weighted by Gasteiger charge is 2.42. The van der Waals surface area contributed by atoms with Crippen LogP contribution in [0.1, 0.15) is 69.8 Å². The molecule has 202 valence electrons. The van der Waals surface area contributed by atoms with Crippen molar-refractivity contribution in [1.82, 2.24) is 10.2 Å². The van der Waals surface area contributed by atoms with Gasteiger partial charge in [0.25, 0.3) is 5.91 Å². The topological polar surface area (TPSA) is 108 Å². The number of carbonyl (C=O) groups excluding carboxylic acids is 3. The third-order valence-electron chi connectivity index (χ3n) is 5.98. The van der Waals surface area contributed by atoms with Crippen LogP contribution < -0.4 is 10.6 Å². The van der Waals surface area contributed by atoms with Gasteiger partial charge in [-0.05, 0) is 90.6 Å². The van der Waals surface area contributed by atoms with E-state index >= 15 is 0 Å². The first kappa shape index (κ1) is 29.8. The Morgan fingerprint density at radius 2 is 1.51 bits per heavy atom. The normalized spacial score (nSPS) is 13.4. The first-order valence-corrected chi connectivity index (χ1v) is 12.4. The third kappa shape index (κ3) is 7.79. The Hall–Kier alpha value is -3.39. The Labute approximate surface area is 220 Å². The molecule has 0 aliphatic heterocycles. The summed E-state index contributed by atoms with van der Waals surface area (Å²) in [6.07, 6.45) is -0.832. The van der Waals surface area contributed by atoms with Crippen molar-refractivity contribution in [2.75, 3.05) is 11.9 Å². The monoisotopic (exact) mass is 511 g/mol. The van der Waals surface area contributed by atoms with E-state index in [0.717, 1.165) is 16.7 Å². The van der Waals surface area contributed by atoms with Crippen LogP contribution in [-0.4, -0.2) is 51.7 Å². The molecular weight excluding hydrogens is 470 g/mol.